The van der Waals surface area contributed by atoms with Crippen LogP contribution in [0.1, 0.15) is 41.5 Å². The van der Waals surface area contributed by atoms with Crippen molar-refractivity contribution in [1.29, 1.82) is 0 Å². The van der Waals surface area contributed by atoms with Crippen LogP contribution in [0, 0.1) is 0 Å². The van der Waals surface area contributed by atoms with Crippen molar-refractivity contribution in [2.75, 3.05) is 65.1 Å². The fourth-order valence-corrected chi connectivity index (χ4v) is 2.29. The minimum absolute atomic E-state index is 0. The fourth-order valence-electron chi connectivity index (χ4n) is 1.65. The van der Waals surface area contributed by atoms with E-state index in [9.17, 15) is 0 Å². The number of rotatable bonds is 12. The van der Waals surface area contributed by atoms with Crippen LogP contribution in [0.15, 0.2) is 0 Å². The summed E-state index contributed by atoms with van der Waals surface area (Å²) in [6.07, 6.45) is 0. The summed E-state index contributed by atoms with van der Waals surface area (Å²) in [7, 11) is 4.26. The van der Waals surface area contributed by atoms with Crippen LogP contribution in [0.25, 0.3) is 0 Å². The summed E-state index contributed by atoms with van der Waals surface area (Å²) in [4.78, 5) is 3.75. The van der Waals surface area contributed by atoms with Gasteiger partial charge >= 0.3 is 0 Å². The lowest BCUT2D eigenvalue weighted by Gasteiger charge is -2.19. The van der Waals surface area contributed by atoms with Crippen molar-refractivity contribution in [1.82, 2.24) is 15.5 Å². The maximum absolute atomic E-state index is 5.47. The van der Waals surface area contributed by atoms with Gasteiger partial charge in [-0.2, -0.15) is 0 Å². The Hall–Kier alpha value is 0.630. The van der Waals surface area contributed by atoms with Crippen molar-refractivity contribution in [2.24, 2.45) is 5.73 Å². The lowest BCUT2D eigenvalue weighted by atomic mass is 10.3. The number of nitrogens with two attached hydrogens (primary N) is 1. The first-order chi connectivity index (χ1) is 12.1. The molecule has 0 saturated carbocycles. The lowest BCUT2D eigenvalue weighted by Crippen LogP contribution is -3.09. The van der Waals surface area contributed by atoms with Gasteiger partial charge in [0, 0.05) is 38.3 Å². The first-order valence-electron chi connectivity index (χ1n) is 9.90. The molecular weight excluding hydrogens is 421 g/mol. The van der Waals surface area contributed by atoms with Gasteiger partial charge in [-0.1, -0.05) is 41.5 Å². The minimum atomic E-state index is 0. The lowest BCUT2D eigenvalue weighted by molar-refractivity contribution is -0.874. The summed E-state index contributed by atoms with van der Waals surface area (Å²) in [5.74, 6) is 1.45. The number of nitrogens with zero attached hydrogens (tertiary/aromatic N) is 1. The summed E-state index contributed by atoms with van der Waals surface area (Å²) in [6, 6.07) is 1.52. The zero-order valence-corrected chi connectivity index (χ0v) is 21.8. The largest absolute Gasteiger partial charge is 1.00 e. The number of nitrogens with one attached hydrogen (secondary N) is 3. The Morgan fingerprint density at radius 1 is 0.857 bits per heavy atom. The molecule has 0 atom stereocenters. The van der Waals surface area contributed by atoms with Crippen molar-refractivity contribution >= 4 is 23.2 Å². The van der Waals surface area contributed by atoms with Crippen LogP contribution in [0.3, 0.4) is 0 Å². The highest BCUT2D eigenvalue weighted by Gasteiger charge is 1.99. The summed E-state index contributed by atoms with van der Waals surface area (Å²) in [5.41, 5.74) is 5.11. The van der Waals surface area contributed by atoms with Crippen LogP contribution in [-0.2, 0) is 0 Å². The van der Waals surface area contributed by atoms with Gasteiger partial charge in [0.2, 0.25) is 0 Å². The van der Waals surface area contributed by atoms with Crippen LogP contribution in [0.4, 0.5) is 0 Å². The van der Waals surface area contributed by atoms with Gasteiger partial charge < -0.3 is 44.1 Å². The van der Waals surface area contributed by atoms with Crippen LogP contribution >= 0.6 is 23.2 Å². The maximum atomic E-state index is 5.47. The Morgan fingerprint density at radius 3 is 1.36 bits per heavy atom. The second kappa shape index (κ2) is 29.8. The number of alkyl halides is 2. The summed E-state index contributed by atoms with van der Waals surface area (Å²) >= 11 is 10.9. The standard InChI is InChI=1S/C11H27N3.C5H11Cl2N.C3H9N.ClH.H2O/c1-10(2)12-6-8-14(5)9-7-13-11(3)4;1-8(4-2-6)5-3-7;1-3(2)4;;/h10-13H,6-9H2,1-5H3;2-5H2,1H3;3H,4H2,1-2H3;1H;1H2. The van der Waals surface area contributed by atoms with Crippen molar-refractivity contribution in [3.63, 3.8) is 0 Å². The van der Waals surface area contributed by atoms with E-state index in [1.54, 1.807) is 0 Å². The van der Waals surface area contributed by atoms with Gasteiger partial charge in [-0.25, -0.2) is 0 Å². The zero-order chi connectivity index (χ0) is 21.0. The normalized spacial score (nSPS) is 10.3. The molecule has 178 valence electrons. The van der Waals surface area contributed by atoms with Gasteiger partial charge in [0.15, 0.2) is 0 Å². The van der Waals surface area contributed by atoms with Gasteiger partial charge in [-0.05, 0) is 13.1 Å². The molecule has 0 rings (SSSR count). The van der Waals surface area contributed by atoms with Gasteiger partial charge in [-0.15, -0.1) is 23.2 Å². The molecule has 0 aliphatic carbocycles. The Labute approximate surface area is 192 Å². The average Bonchev–Trinajstić information content (AvgIpc) is 2.47. The molecule has 0 bridgehead atoms. The maximum Gasteiger partial charge on any atom is 0.0906 e. The van der Waals surface area contributed by atoms with E-state index in [0.29, 0.717) is 18.1 Å². The van der Waals surface area contributed by atoms with Crippen LogP contribution in [0.5, 0.6) is 0 Å². The molecule has 0 radical (unpaired) electrons. The number of halogens is 3. The third-order valence-electron chi connectivity index (χ3n) is 3.13. The van der Waals surface area contributed by atoms with Crippen LogP contribution in [0.2, 0.25) is 0 Å². The molecule has 0 aromatic carbocycles. The smallest absolute Gasteiger partial charge is 0.0906 e. The highest BCUT2D eigenvalue weighted by atomic mass is 35.5. The van der Waals surface area contributed by atoms with Crippen LogP contribution in [-0.4, -0.2) is 93.6 Å². The zero-order valence-electron chi connectivity index (χ0n) is 19.5. The number of likely N-dealkylation sites (N-methyl/N-ethyl adjacent to an activating group) is 1. The van der Waals surface area contributed by atoms with E-state index in [1.165, 1.54) is 4.90 Å². The summed E-state index contributed by atoms with van der Waals surface area (Å²) in [5, 5.41) is 6.83. The molecule has 0 spiro atoms. The fraction of sp³-hybridized carbons (Fsp3) is 1.00. The van der Waals surface area contributed by atoms with Gasteiger partial charge in [0.1, 0.15) is 0 Å². The number of hydrogen-bond donors (Lipinski definition) is 4. The predicted octanol–water partition coefficient (Wildman–Crippen LogP) is -2.57. The summed E-state index contributed by atoms with van der Waals surface area (Å²) < 4.78 is 0. The third kappa shape index (κ3) is 50.4. The van der Waals surface area contributed by atoms with E-state index in [2.05, 4.69) is 57.3 Å². The Morgan fingerprint density at radius 2 is 1.14 bits per heavy atom. The van der Waals surface area contributed by atoms with E-state index in [0.717, 1.165) is 51.0 Å². The molecule has 0 amide bonds. The van der Waals surface area contributed by atoms with Crippen LogP contribution < -0.4 is 33.7 Å². The van der Waals surface area contributed by atoms with Gasteiger partial charge in [0.25, 0.3) is 0 Å². The topological polar surface area (TPSA) is 89.3 Å². The van der Waals surface area contributed by atoms with E-state index in [-0.39, 0.29) is 17.9 Å². The van der Waals surface area contributed by atoms with E-state index in [1.807, 2.05) is 13.8 Å². The molecule has 0 heterocycles. The SMILES string of the molecule is CC(C)N.CC(C)NCCN(C)CCNC(C)C.C[NH+](CCCl)CCCl.O.[Cl-]. The number of hydrogen-bond acceptors (Lipinski definition) is 4. The van der Waals surface area contributed by atoms with Crippen molar-refractivity contribution in [3.05, 3.63) is 0 Å². The number of quaternary nitrogens is 1. The minimum Gasteiger partial charge on any atom is -1.00 e. The third-order valence-corrected chi connectivity index (χ3v) is 3.51. The first kappa shape index (κ1) is 39.1. The van der Waals surface area contributed by atoms with E-state index in [4.69, 9.17) is 28.9 Å². The van der Waals surface area contributed by atoms with Gasteiger partial charge in [0.05, 0.1) is 31.9 Å². The molecule has 9 heteroatoms. The highest BCUT2D eigenvalue weighted by molar-refractivity contribution is 6.18. The molecule has 0 aliphatic heterocycles. The molecule has 6 nitrogen and oxygen atoms in total. The molecule has 28 heavy (non-hydrogen) atoms. The van der Waals surface area contributed by atoms with Gasteiger partial charge in [-0.3, -0.25) is 0 Å². The molecular formula is C19H50Cl3N5O. The monoisotopic (exact) mass is 469 g/mol. The molecule has 0 fully saturated rings. The van der Waals surface area contributed by atoms with Crippen molar-refractivity contribution in [3.8, 4) is 0 Å². The average molecular weight is 471 g/mol. The second-order valence-corrected chi connectivity index (χ2v) is 8.36. The highest BCUT2D eigenvalue weighted by Crippen LogP contribution is 1.83. The van der Waals surface area contributed by atoms with Crippen molar-refractivity contribution < 1.29 is 22.8 Å². The van der Waals surface area contributed by atoms with E-state index < -0.39 is 0 Å². The Balaban J connectivity index is -0.000000108. The van der Waals surface area contributed by atoms with E-state index >= 15 is 0 Å². The molecule has 0 unspecified atom stereocenters. The Kier molecular flexibility index (Phi) is 41.7. The van der Waals surface area contributed by atoms with Crippen molar-refractivity contribution in [2.45, 2.75) is 59.7 Å². The molecule has 0 aromatic heterocycles. The molecule has 0 saturated heterocycles. The molecule has 0 aliphatic rings. The summed E-state index contributed by atoms with van der Waals surface area (Å²) in [6.45, 7) is 19.0. The second-order valence-electron chi connectivity index (χ2n) is 7.60. The molecule has 7 N–H and O–H groups in total. The molecule has 0 aromatic rings. The predicted molar refractivity (Wildman–Crippen MR) is 125 cm³/mol. The first-order valence-corrected chi connectivity index (χ1v) is 11.0. The quantitative estimate of drug-likeness (QED) is 0.236. The Bertz CT molecular complexity index is 241.